The van der Waals surface area contributed by atoms with Crippen LogP contribution in [0.3, 0.4) is 0 Å². The molecule has 0 saturated heterocycles. The van der Waals surface area contributed by atoms with Gasteiger partial charge in [0.25, 0.3) is 5.56 Å². The van der Waals surface area contributed by atoms with Crippen molar-refractivity contribution < 1.29 is 9.18 Å². The Morgan fingerprint density at radius 2 is 2.00 bits per heavy atom. The zero-order valence-corrected chi connectivity index (χ0v) is 11.3. The number of carbonyl (C=O) groups is 1. The average Bonchev–Trinajstić information content (AvgIpc) is 2.48. The summed E-state index contributed by atoms with van der Waals surface area (Å²) in [5, 5.41) is 6.68. The van der Waals surface area contributed by atoms with Gasteiger partial charge in [0.1, 0.15) is 12.4 Å². The molecule has 5 nitrogen and oxygen atoms in total. The molecule has 0 bridgehead atoms. The normalized spacial score (nSPS) is 10.1. The van der Waals surface area contributed by atoms with E-state index in [1.54, 1.807) is 18.2 Å². The summed E-state index contributed by atoms with van der Waals surface area (Å²) < 4.78 is 14.0. The van der Waals surface area contributed by atoms with E-state index in [9.17, 15) is 14.0 Å². The molecular formula is C15H14FN3O2. The molecule has 0 unspecified atom stereocenters. The first kappa shape index (κ1) is 14.6. The van der Waals surface area contributed by atoms with Crippen molar-refractivity contribution in [2.45, 2.75) is 6.54 Å². The number of nitrogens with one attached hydrogen (secondary N) is 1. The Morgan fingerprint density at radius 1 is 1.29 bits per heavy atom. The molecule has 0 spiro atoms. The first-order chi connectivity index (χ1) is 10.1. The molecule has 0 aliphatic heterocycles. The highest BCUT2D eigenvalue weighted by molar-refractivity contribution is 5.75. The SMILES string of the molecule is C=CCNC(=O)Cn1nc(-c2ccc(F)cc2)ccc1=O. The molecule has 21 heavy (non-hydrogen) atoms. The van der Waals surface area contributed by atoms with Crippen molar-refractivity contribution in [1.82, 2.24) is 15.1 Å². The summed E-state index contributed by atoms with van der Waals surface area (Å²) in [5.41, 5.74) is 0.775. The van der Waals surface area contributed by atoms with Crippen LogP contribution < -0.4 is 10.9 Å². The fraction of sp³-hybridized carbons (Fsp3) is 0.133. The van der Waals surface area contributed by atoms with Crippen molar-refractivity contribution in [3.63, 3.8) is 0 Å². The van der Waals surface area contributed by atoms with Crippen molar-refractivity contribution in [2.75, 3.05) is 6.54 Å². The van der Waals surface area contributed by atoms with Crippen molar-refractivity contribution >= 4 is 5.91 Å². The molecular weight excluding hydrogens is 273 g/mol. The van der Waals surface area contributed by atoms with Crippen LogP contribution in [0.25, 0.3) is 11.3 Å². The molecule has 1 amide bonds. The van der Waals surface area contributed by atoms with Gasteiger partial charge in [-0.15, -0.1) is 6.58 Å². The zero-order chi connectivity index (χ0) is 15.2. The Kier molecular flexibility index (Phi) is 4.61. The second-order valence-electron chi connectivity index (χ2n) is 4.31. The van der Waals surface area contributed by atoms with Crippen LogP contribution in [0, 0.1) is 5.82 Å². The lowest BCUT2D eigenvalue weighted by Gasteiger charge is -2.07. The highest BCUT2D eigenvalue weighted by Gasteiger charge is 2.07. The van der Waals surface area contributed by atoms with Gasteiger partial charge < -0.3 is 5.32 Å². The van der Waals surface area contributed by atoms with E-state index in [-0.39, 0.29) is 23.8 Å². The predicted octanol–water partition coefficient (Wildman–Crippen LogP) is 1.35. The van der Waals surface area contributed by atoms with E-state index in [0.717, 1.165) is 4.68 Å². The van der Waals surface area contributed by atoms with Crippen molar-refractivity contribution in [3.8, 4) is 11.3 Å². The highest BCUT2D eigenvalue weighted by Crippen LogP contribution is 2.15. The third-order valence-corrected chi connectivity index (χ3v) is 2.74. The maximum atomic E-state index is 12.9. The van der Waals surface area contributed by atoms with Crippen LogP contribution in [-0.4, -0.2) is 22.2 Å². The van der Waals surface area contributed by atoms with Gasteiger partial charge in [0.15, 0.2) is 0 Å². The van der Waals surface area contributed by atoms with Gasteiger partial charge in [-0.3, -0.25) is 9.59 Å². The number of benzene rings is 1. The fourth-order valence-corrected chi connectivity index (χ4v) is 1.71. The maximum Gasteiger partial charge on any atom is 0.267 e. The second-order valence-corrected chi connectivity index (χ2v) is 4.31. The number of rotatable bonds is 5. The number of aromatic nitrogens is 2. The number of halogens is 1. The predicted molar refractivity (Wildman–Crippen MR) is 77.1 cm³/mol. The lowest BCUT2D eigenvalue weighted by atomic mass is 10.1. The zero-order valence-electron chi connectivity index (χ0n) is 11.3. The molecule has 0 fully saturated rings. The minimum atomic E-state index is -0.380. The average molecular weight is 287 g/mol. The highest BCUT2D eigenvalue weighted by atomic mass is 19.1. The van der Waals surface area contributed by atoms with Gasteiger partial charge in [0, 0.05) is 18.2 Å². The van der Waals surface area contributed by atoms with Crippen LogP contribution in [0.2, 0.25) is 0 Å². The molecule has 1 aromatic heterocycles. The van der Waals surface area contributed by atoms with Crippen molar-refractivity contribution in [2.24, 2.45) is 0 Å². The first-order valence-corrected chi connectivity index (χ1v) is 6.32. The molecule has 108 valence electrons. The van der Waals surface area contributed by atoms with Crippen LogP contribution in [0.5, 0.6) is 0 Å². The van der Waals surface area contributed by atoms with Gasteiger partial charge in [-0.25, -0.2) is 9.07 Å². The molecule has 0 aliphatic rings. The summed E-state index contributed by atoms with van der Waals surface area (Å²) in [6, 6.07) is 8.60. The van der Waals surface area contributed by atoms with Gasteiger partial charge in [0.2, 0.25) is 5.91 Å². The van der Waals surface area contributed by atoms with E-state index in [1.165, 1.54) is 24.3 Å². The molecule has 1 heterocycles. The van der Waals surface area contributed by atoms with E-state index in [0.29, 0.717) is 17.8 Å². The number of carbonyl (C=O) groups excluding carboxylic acids is 1. The number of nitrogens with zero attached hydrogens (tertiary/aromatic N) is 2. The Balaban J connectivity index is 2.25. The quantitative estimate of drug-likeness (QED) is 0.844. The van der Waals surface area contributed by atoms with E-state index < -0.39 is 0 Å². The molecule has 0 atom stereocenters. The summed E-state index contributed by atoms with van der Waals surface area (Å²) in [6.45, 7) is 3.63. The molecule has 2 rings (SSSR count). The largest absolute Gasteiger partial charge is 0.351 e. The summed E-state index contributed by atoms with van der Waals surface area (Å²) in [5.74, 6) is -0.684. The van der Waals surface area contributed by atoms with E-state index >= 15 is 0 Å². The van der Waals surface area contributed by atoms with E-state index in [1.807, 2.05) is 0 Å². The molecule has 2 aromatic rings. The smallest absolute Gasteiger partial charge is 0.267 e. The lowest BCUT2D eigenvalue weighted by Crippen LogP contribution is -2.33. The fourth-order valence-electron chi connectivity index (χ4n) is 1.71. The Morgan fingerprint density at radius 3 is 2.67 bits per heavy atom. The topological polar surface area (TPSA) is 64.0 Å². The molecule has 0 aliphatic carbocycles. The lowest BCUT2D eigenvalue weighted by molar-refractivity contribution is -0.121. The van der Waals surface area contributed by atoms with Crippen LogP contribution in [0.15, 0.2) is 53.8 Å². The Labute approximate surface area is 120 Å². The molecule has 0 saturated carbocycles. The van der Waals surface area contributed by atoms with Gasteiger partial charge >= 0.3 is 0 Å². The number of hydrogen-bond donors (Lipinski definition) is 1. The molecule has 0 radical (unpaired) electrons. The summed E-state index contributed by atoms with van der Waals surface area (Å²) >= 11 is 0. The van der Waals surface area contributed by atoms with Crippen LogP contribution in [0.4, 0.5) is 4.39 Å². The third-order valence-electron chi connectivity index (χ3n) is 2.74. The van der Waals surface area contributed by atoms with Crippen LogP contribution in [0.1, 0.15) is 0 Å². The first-order valence-electron chi connectivity index (χ1n) is 6.32. The minimum absolute atomic E-state index is 0.179. The molecule has 6 heteroatoms. The number of amides is 1. The summed E-state index contributed by atoms with van der Waals surface area (Å²) in [7, 11) is 0. The van der Waals surface area contributed by atoms with E-state index in [4.69, 9.17) is 0 Å². The molecule has 1 aromatic carbocycles. The van der Waals surface area contributed by atoms with E-state index in [2.05, 4.69) is 17.0 Å². The van der Waals surface area contributed by atoms with Gasteiger partial charge in [-0.05, 0) is 30.3 Å². The summed E-state index contributed by atoms with van der Waals surface area (Å²) in [4.78, 5) is 23.3. The van der Waals surface area contributed by atoms with Crippen molar-refractivity contribution in [3.05, 3.63) is 65.2 Å². The van der Waals surface area contributed by atoms with Crippen molar-refractivity contribution in [1.29, 1.82) is 0 Å². The van der Waals surface area contributed by atoms with Gasteiger partial charge in [0.05, 0.1) is 5.69 Å². The third kappa shape index (κ3) is 3.85. The second kappa shape index (κ2) is 6.60. The summed E-state index contributed by atoms with van der Waals surface area (Å²) in [6.07, 6.45) is 1.54. The minimum Gasteiger partial charge on any atom is -0.351 e. The standard InChI is InChI=1S/C15H14FN3O2/c1-2-9-17-14(20)10-19-15(21)8-7-13(18-19)11-3-5-12(16)6-4-11/h2-8H,1,9-10H2,(H,17,20). The number of hydrogen-bond acceptors (Lipinski definition) is 3. The maximum absolute atomic E-state index is 12.9. The monoisotopic (exact) mass is 287 g/mol. The Hall–Kier alpha value is -2.76. The van der Waals surface area contributed by atoms with Crippen LogP contribution in [-0.2, 0) is 11.3 Å². The van der Waals surface area contributed by atoms with Gasteiger partial charge in [-0.2, -0.15) is 5.10 Å². The van der Waals surface area contributed by atoms with Crippen LogP contribution >= 0.6 is 0 Å². The van der Waals surface area contributed by atoms with Gasteiger partial charge in [-0.1, -0.05) is 6.08 Å². The Bertz CT molecular complexity index is 708. The molecule has 1 N–H and O–H groups in total.